The van der Waals surface area contributed by atoms with Crippen LogP contribution in [-0.4, -0.2) is 14.5 Å². The third kappa shape index (κ3) is 3.99. The van der Waals surface area contributed by atoms with Crippen molar-refractivity contribution in [1.29, 1.82) is 0 Å². The number of hydrogen-bond acceptors (Lipinski definition) is 3. The zero-order chi connectivity index (χ0) is 16.3. The highest BCUT2D eigenvalue weighted by Gasteiger charge is 2.35. The molecule has 0 aliphatic heterocycles. The summed E-state index contributed by atoms with van der Waals surface area (Å²) < 4.78 is 30.7. The van der Waals surface area contributed by atoms with Gasteiger partial charge in [-0.3, -0.25) is 4.18 Å². The Kier molecular flexibility index (Phi) is 5.45. The quantitative estimate of drug-likeness (QED) is 0.750. The zero-order valence-corrected chi connectivity index (χ0v) is 14.5. The Bertz CT molecular complexity index is 602. The molecule has 1 fully saturated rings. The van der Waals surface area contributed by atoms with Crippen LogP contribution < -0.4 is 0 Å². The summed E-state index contributed by atoms with van der Waals surface area (Å²) in [7, 11) is -3.71. The van der Waals surface area contributed by atoms with Gasteiger partial charge in [-0.1, -0.05) is 52.0 Å². The van der Waals surface area contributed by atoms with E-state index in [1.54, 1.807) is 30.3 Å². The number of benzene rings is 1. The second-order valence-electron chi connectivity index (χ2n) is 6.69. The van der Waals surface area contributed by atoms with Crippen LogP contribution in [-0.2, 0) is 14.3 Å². The van der Waals surface area contributed by atoms with E-state index in [0.717, 1.165) is 24.8 Å². The topological polar surface area (TPSA) is 43.4 Å². The third-order valence-electron chi connectivity index (χ3n) is 4.62. The maximum absolute atomic E-state index is 12.5. The molecule has 1 saturated carbocycles. The molecule has 0 amide bonds. The molecule has 1 aromatic carbocycles. The van der Waals surface area contributed by atoms with Gasteiger partial charge < -0.3 is 0 Å². The van der Waals surface area contributed by atoms with Gasteiger partial charge in [0.15, 0.2) is 0 Å². The van der Waals surface area contributed by atoms with E-state index >= 15 is 0 Å². The second-order valence-corrected chi connectivity index (χ2v) is 8.26. The molecule has 22 heavy (non-hydrogen) atoms. The molecule has 0 saturated heterocycles. The van der Waals surface area contributed by atoms with Crippen LogP contribution in [0.5, 0.6) is 0 Å². The van der Waals surface area contributed by atoms with E-state index in [1.165, 1.54) is 0 Å². The largest absolute Gasteiger partial charge is 0.297 e. The Morgan fingerprint density at radius 3 is 2.41 bits per heavy atom. The smallest absolute Gasteiger partial charge is 0.263 e. The van der Waals surface area contributed by atoms with Gasteiger partial charge in [-0.2, -0.15) is 8.42 Å². The van der Waals surface area contributed by atoms with Gasteiger partial charge in [0.2, 0.25) is 0 Å². The van der Waals surface area contributed by atoms with Crippen LogP contribution in [0, 0.1) is 17.8 Å². The lowest BCUT2D eigenvalue weighted by atomic mass is 9.75. The fourth-order valence-corrected chi connectivity index (χ4v) is 4.34. The highest BCUT2D eigenvalue weighted by molar-refractivity contribution is 7.86. The summed E-state index contributed by atoms with van der Waals surface area (Å²) in [5.74, 6) is 1.24. The molecule has 0 radical (unpaired) electrons. The first-order chi connectivity index (χ1) is 10.3. The van der Waals surface area contributed by atoms with E-state index in [1.807, 2.05) is 0 Å². The third-order valence-corrected chi connectivity index (χ3v) is 5.97. The van der Waals surface area contributed by atoms with Crippen LogP contribution in [0.1, 0.15) is 45.6 Å². The average molecular weight is 322 g/mol. The Hall–Kier alpha value is -1.13. The van der Waals surface area contributed by atoms with Gasteiger partial charge >= 0.3 is 0 Å². The Morgan fingerprint density at radius 1 is 1.23 bits per heavy atom. The van der Waals surface area contributed by atoms with Gasteiger partial charge in [-0.25, -0.2) is 0 Å². The van der Waals surface area contributed by atoms with Crippen LogP contribution in [0.15, 0.2) is 35.7 Å². The van der Waals surface area contributed by atoms with Crippen molar-refractivity contribution in [2.24, 2.45) is 17.8 Å². The zero-order valence-electron chi connectivity index (χ0n) is 13.7. The number of rotatable bonds is 5. The highest BCUT2D eigenvalue weighted by atomic mass is 32.2. The van der Waals surface area contributed by atoms with Crippen LogP contribution >= 0.6 is 0 Å². The van der Waals surface area contributed by atoms with Gasteiger partial charge in [0, 0.05) is 0 Å². The molecular formula is C18H26O3S. The summed E-state index contributed by atoms with van der Waals surface area (Å²) in [4.78, 5) is 0.221. The lowest BCUT2D eigenvalue weighted by molar-refractivity contribution is 0.0511. The van der Waals surface area contributed by atoms with Gasteiger partial charge in [0.1, 0.15) is 0 Å². The van der Waals surface area contributed by atoms with Crippen molar-refractivity contribution in [3.63, 3.8) is 0 Å². The van der Waals surface area contributed by atoms with Gasteiger partial charge in [-0.15, -0.1) is 0 Å². The van der Waals surface area contributed by atoms with E-state index in [0.29, 0.717) is 17.8 Å². The summed E-state index contributed by atoms with van der Waals surface area (Å²) >= 11 is 0. The van der Waals surface area contributed by atoms with Crippen molar-refractivity contribution in [3.05, 3.63) is 36.4 Å². The predicted molar refractivity (Wildman–Crippen MR) is 89.9 cm³/mol. The van der Waals surface area contributed by atoms with Crippen LogP contribution in [0.3, 0.4) is 0 Å². The minimum atomic E-state index is -3.71. The first-order valence-electron chi connectivity index (χ1n) is 7.99. The molecule has 0 bridgehead atoms. The summed E-state index contributed by atoms with van der Waals surface area (Å²) in [6.45, 7) is 10.1. The van der Waals surface area contributed by atoms with Crippen molar-refractivity contribution < 1.29 is 12.6 Å². The van der Waals surface area contributed by atoms with Crippen molar-refractivity contribution in [2.45, 2.75) is 51.0 Å². The molecule has 3 nitrogen and oxygen atoms in total. The van der Waals surface area contributed by atoms with Gasteiger partial charge in [0.25, 0.3) is 10.1 Å². The molecule has 0 aromatic heterocycles. The second kappa shape index (κ2) is 6.97. The summed E-state index contributed by atoms with van der Waals surface area (Å²) in [5.41, 5.74) is 0.894. The normalized spacial score (nSPS) is 26.1. The SMILES string of the molecule is C=Cc1ccc(S(=O)(=O)OC2CC(C)CCC2C(C)C)cc1. The predicted octanol–water partition coefficient (Wildman–Crippen LogP) is 4.50. The summed E-state index contributed by atoms with van der Waals surface area (Å²) in [6, 6.07) is 6.66. The molecule has 4 heteroatoms. The van der Waals surface area contributed by atoms with Crippen molar-refractivity contribution >= 4 is 16.2 Å². The molecular weight excluding hydrogens is 296 g/mol. The number of hydrogen-bond donors (Lipinski definition) is 0. The van der Waals surface area contributed by atoms with E-state index in [9.17, 15) is 8.42 Å². The Balaban J connectivity index is 2.19. The van der Waals surface area contributed by atoms with Gasteiger partial charge in [-0.05, 0) is 48.3 Å². The van der Waals surface area contributed by atoms with Crippen LogP contribution in [0.2, 0.25) is 0 Å². The van der Waals surface area contributed by atoms with E-state index in [4.69, 9.17) is 4.18 Å². The van der Waals surface area contributed by atoms with Gasteiger partial charge in [0.05, 0.1) is 11.0 Å². The molecule has 0 N–H and O–H groups in total. The fraction of sp³-hybridized carbons (Fsp3) is 0.556. The average Bonchev–Trinajstić information content (AvgIpc) is 2.46. The van der Waals surface area contributed by atoms with Crippen molar-refractivity contribution in [3.8, 4) is 0 Å². The molecule has 1 aliphatic rings. The molecule has 3 unspecified atom stereocenters. The van der Waals surface area contributed by atoms with Crippen molar-refractivity contribution in [1.82, 2.24) is 0 Å². The molecule has 0 heterocycles. The Labute approximate surface area is 134 Å². The lowest BCUT2D eigenvalue weighted by Crippen LogP contribution is -2.35. The van der Waals surface area contributed by atoms with E-state index in [-0.39, 0.29) is 11.0 Å². The molecule has 3 atom stereocenters. The summed E-state index contributed by atoms with van der Waals surface area (Å²) in [6.07, 6.45) is 4.47. The van der Waals surface area contributed by atoms with E-state index in [2.05, 4.69) is 27.4 Å². The molecule has 2 rings (SSSR count). The standard InChI is InChI=1S/C18H26O3S/c1-5-15-7-9-16(10-8-15)22(19,20)21-18-12-14(4)6-11-17(18)13(2)3/h5,7-10,13-14,17-18H,1,6,11-12H2,2-4H3. The Morgan fingerprint density at radius 2 is 1.86 bits per heavy atom. The van der Waals surface area contributed by atoms with Crippen molar-refractivity contribution in [2.75, 3.05) is 0 Å². The maximum atomic E-state index is 12.5. The molecule has 1 aliphatic carbocycles. The fourth-order valence-electron chi connectivity index (χ4n) is 3.21. The van der Waals surface area contributed by atoms with Crippen LogP contribution in [0.25, 0.3) is 6.08 Å². The monoisotopic (exact) mass is 322 g/mol. The molecule has 1 aromatic rings. The van der Waals surface area contributed by atoms with Crippen LogP contribution in [0.4, 0.5) is 0 Å². The first kappa shape index (κ1) is 17.2. The first-order valence-corrected chi connectivity index (χ1v) is 9.40. The summed E-state index contributed by atoms with van der Waals surface area (Å²) in [5, 5.41) is 0. The minimum absolute atomic E-state index is 0.215. The maximum Gasteiger partial charge on any atom is 0.297 e. The highest BCUT2D eigenvalue weighted by Crippen LogP contribution is 2.36. The lowest BCUT2D eigenvalue weighted by Gasteiger charge is -2.36. The van der Waals surface area contributed by atoms with E-state index < -0.39 is 10.1 Å². The minimum Gasteiger partial charge on any atom is -0.263 e. The molecule has 122 valence electrons. The molecule has 0 spiro atoms.